The van der Waals surface area contributed by atoms with Crippen molar-refractivity contribution >= 4 is 11.7 Å². The number of carbonyl (C=O) groups excluding carboxylic acids is 1. The maximum absolute atomic E-state index is 11.8. The van der Waals surface area contributed by atoms with Gasteiger partial charge in [0.1, 0.15) is 0 Å². The Labute approximate surface area is 118 Å². The summed E-state index contributed by atoms with van der Waals surface area (Å²) in [5, 5.41) is 17.7. The maximum atomic E-state index is 11.8. The van der Waals surface area contributed by atoms with Gasteiger partial charge in [0, 0.05) is 18.2 Å². The van der Waals surface area contributed by atoms with Gasteiger partial charge in [-0.15, -0.1) is 0 Å². The average Bonchev–Trinajstić information content (AvgIpc) is 3.28. The van der Waals surface area contributed by atoms with Crippen LogP contribution in [0.3, 0.4) is 0 Å². The highest BCUT2D eigenvalue weighted by Crippen LogP contribution is 2.18. The molecule has 1 aliphatic rings. The number of nitrogens with one attached hydrogen (secondary N) is 2. The van der Waals surface area contributed by atoms with Crippen molar-refractivity contribution < 1.29 is 10.0 Å². The van der Waals surface area contributed by atoms with E-state index in [1.54, 1.807) is 6.07 Å². The second-order valence-electron chi connectivity index (χ2n) is 5.07. The fourth-order valence-corrected chi connectivity index (χ4v) is 1.82. The van der Waals surface area contributed by atoms with Crippen LogP contribution in [0.5, 0.6) is 0 Å². The first-order valence-corrected chi connectivity index (χ1v) is 6.70. The summed E-state index contributed by atoms with van der Waals surface area (Å²) in [7, 11) is 0. The van der Waals surface area contributed by atoms with Gasteiger partial charge in [-0.05, 0) is 31.4 Å². The van der Waals surface area contributed by atoms with Gasteiger partial charge in [-0.2, -0.15) is 0 Å². The van der Waals surface area contributed by atoms with E-state index in [0.717, 1.165) is 18.4 Å². The Balaban J connectivity index is 1.88. The Bertz CT molecular complexity index is 512. The topological polar surface area (TPSA) is 99.7 Å². The lowest BCUT2D eigenvalue weighted by Crippen LogP contribution is -2.42. The molecular weight excluding hydrogens is 256 g/mol. The molecule has 20 heavy (non-hydrogen) atoms. The molecule has 1 amide bonds. The SMILES string of the molecule is CC(NCc1cccc(/C(N)=N/O)c1)C(=O)NC1CC1. The summed E-state index contributed by atoms with van der Waals surface area (Å²) in [5.74, 6) is 0.103. The van der Waals surface area contributed by atoms with Crippen molar-refractivity contribution in [3.63, 3.8) is 0 Å². The summed E-state index contributed by atoms with van der Waals surface area (Å²) in [6, 6.07) is 7.47. The Hall–Kier alpha value is -2.08. The molecule has 5 N–H and O–H groups in total. The minimum absolute atomic E-state index is 0.0279. The summed E-state index contributed by atoms with van der Waals surface area (Å²) in [6.07, 6.45) is 2.17. The number of amides is 1. The van der Waals surface area contributed by atoms with E-state index in [-0.39, 0.29) is 17.8 Å². The van der Waals surface area contributed by atoms with Crippen molar-refractivity contribution in [3.05, 3.63) is 35.4 Å². The van der Waals surface area contributed by atoms with Gasteiger partial charge in [-0.1, -0.05) is 23.4 Å². The standard InChI is InChI=1S/C14H20N4O2/c1-9(14(19)17-12-5-6-12)16-8-10-3-2-4-11(7-10)13(15)18-20/h2-4,7,9,12,16,20H,5-6,8H2,1H3,(H2,15,18)(H,17,19). The van der Waals surface area contributed by atoms with Gasteiger partial charge in [0.15, 0.2) is 5.84 Å². The zero-order chi connectivity index (χ0) is 14.5. The number of benzene rings is 1. The molecule has 1 fully saturated rings. The van der Waals surface area contributed by atoms with Crippen LogP contribution >= 0.6 is 0 Å². The van der Waals surface area contributed by atoms with Crippen molar-refractivity contribution in [3.8, 4) is 0 Å². The van der Waals surface area contributed by atoms with E-state index >= 15 is 0 Å². The number of hydrogen-bond acceptors (Lipinski definition) is 4. The molecular formula is C14H20N4O2. The van der Waals surface area contributed by atoms with Gasteiger partial charge in [0.05, 0.1) is 6.04 Å². The molecule has 1 unspecified atom stereocenters. The van der Waals surface area contributed by atoms with Crippen molar-refractivity contribution in [2.24, 2.45) is 10.9 Å². The lowest BCUT2D eigenvalue weighted by Gasteiger charge is -2.14. The molecule has 0 radical (unpaired) electrons. The highest BCUT2D eigenvalue weighted by molar-refractivity contribution is 5.97. The number of oxime groups is 1. The summed E-state index contributed by atoms with van der Waals surface area (Å²) >= 11 is 0. The molecule has 1 aromatic rings. The van der Waals surface area contributed by atoms with Gasteiger partial charge in [-0.3, -0.25) is 4.79 Å². The van der Waals surface area contributed by atoms with E-state index in [9.17, 15) is 4.79 Å². The summed E-state index contributed by atoms with van der Waals surface area (Å²) < 4.78 is 0. The van der Waals surface area contributed by atoms with Gasteiger partial charge >= 0.3 is 0 Å². The number of nitrogens with zero attached hydrogens (tertiary/aromatic N) is 1. The number of rotatable bonds is 6. The second kappa shape index (κ2) is 6.38. The van der Waals surface area contributed by atoms with Gasteiger partial charge in [-0.25, -0.2) is 0 Å². The van der Waals surface area contributed by atoms with Crippen LogP contribution in [0.25, 0.3) is 0 Å². The maximum Gasteiger partial charge on any atom is 0.237 e. The molecule has 0 aliphatic heterocycles. The summed E-state index contributed by atoms with van der Waals surface area (Å²) in [6.45, 7) is 2.39. The highest BCUT2D eigenvalue weighted by Gasteiger charge is 2.25. The molecule has 0 heterocycles. The molecule has 0 spiro atoms. The Morgan fingerprint density at radius 2 is 2.30 bits per heavy atom. The van der Waals surface area contributed by atoms with Crippen molar-refractivity contribution in [2.45, 2.75) is 38.4 Å². The quantitative estimate of drug-likeness (QED) is 0.264. The smallest absolute Gasteiger partial charge is 0.237 e. The Kier molecular flexibility index (Phi) is 4.57. The van der Waals surface area contributed by atoms with Crippen LogP contribution in [0.15, 0.2) is 29.4 Å². The zero-order valence-electron chi connectivity index (χ0n) is 11.5. The molecule has 0 saturated heterocycles. The Morgan fingerprint density at radius 1 is 1.55 bits per heavy atom. The third kappa shape index (κ3) is 3.96. The van der Waals surface area contributed by atoms with Crippen LogP contribution in [0.2, 0.25) is 0 Å². The van der Waals surface area contributed by atoms with Crippen LogP contribution in [-0.4, -0.2) is 29.0 Å². The van der Waals surface area contributed by atoms with Crippen LogP contribution in [0, 0.1) is 0 Å². The van der Waals surface area contributed by atoms with Gasteiger partial charge < -0.3 is 21.6 Å². The first kappa shape index (κ1) is 14.3. The molecule has 2 rings (SSSR count). The third-order valence-corrected chi connectivity index (χ3v) is 3.26. The van der Waals surface area contributed by atoms with Crippen molar-refractivity contribution in [2.75, 3.05) is 0 Å². The molecule has 0 bridgehead atoms. The molecule has 1 aromatic carbocycles. The van der Waals surface area contributed by atoms with Crippen LogP contribution in [0.4, 0.5) is 0 Å². The minimum Gasteiger partial charge on any atom is -0.409 e. The first-order chi connectivity index (χ1) is 9.60. The average molecular weight is 276 g/mol. The summed E-state index contributed by atoms with van der Waals surface area (Å²) in [5.41, 5.74) is 7.17. The first-order valence-electron chi connectivity index (χ1n) is 6.70. The third-order valence-electron chi connectivity index (χ3n) is 3.26. The minimum atomic E-state index is -0.247. The van der Waals surface area contributed by atoms with E-state index < -0.39 is 0 Å². The van der Waals surface area contributed by atoms with Crippen LogP contribution < -0.4 is 16.4 Å². The van der Waals surface area contributed by atoms with Crippen molar-refractivity contribution in [1.82, 2.24) is 10.6 Å². The van der Waals surface area contributed by atoms with Crippen LogP contribution in [0.1, 0.15) is 30.9 Å². The molecule has 6 heteroatoms. The van der Waals surface area contributed by atoms with Gasteiger partial charge in [0.2, 0.25) is 5.91 Å². The normalized spacial score (nSPS) is 16.8. The Morgan fingerprint density at radius 3 is 2.95 bits per heavy atom. The van der Waals surface area contributed by atoms with Crippen LogP contribution in [-0.2, 0) is 11.3 Å². The lowest BCUT2D eigenvalue weighted by molar-refractivity contribution is -0.122. The van der Waals surface area contributed by atoms with E-state index in [1.807, 2.05) is 25.1 Å². The highest BCUT2D eigenvalue weighted by atomic mass is 16.4. The monoisotopic (exact) mass is 276 g/mol. The van der Waals surface area contributed by atoms with E-state index in [4.69, 9.17) is 10.9 Å². The number of nitrogens with two attached hydrogens (primary N) is 1. The second-order valence-corrected chi connectivity index (χ2v) is 5.07. The fraction of sp³-hybridized carbons (Fsp3) is 0.429. The lowest BCUT2D eigenvalue weighted by atomic mass is 10.1. The zero-order valence-corrected chi connectivity index (χ0v) is 11.5. The largest absolute Gasteiger partial charge is 0.409 e. The van der Waals surface area contributed by atoms with Crippen molar-refractivity contribution in [1.29, 1.82) is 0 Å². The number of carbonyl (C=O) groups is 1. The predicted molar refractivity (Wildman–Crippen MR) is 76.4 cm³/mol. The number of amidine groups is 1. The predicted octanol–water partition coefficient (Wildman–Crippen LogP) is 0.538. The number of hydrogen-bond donors (Lipinski definition) is 4. The molecule has 108 valence electrons. The van der Waals surface area contributed by atoms with Gasteiger partial charge in [0.25, 0.3) is 0 Å². The molecule has 6 nitrogen and oxygen atoms in total. The van der Waals surface area contributed by atoms with E-state index in [0.29, 0.717) is 18.2 Å². The summed E-state index contributed by atoms with van der Waals surface area (Å²) in [4.78, 5) is 11.8. The molecule has 1 aliphatic carbocycles. The molecule has 1 atom stereocenters. The van der Waals surface area contributed by atoms with E-state index in [2.05, 4.69) is 15.8 Å². The van der Waals surface area contributed by atoms with E-state index in [1.165, 1.54) is 0 Å². The fourth-order valence-electron chi connectivity index (χ4n) is 1.82. The molecule has 0 aromatic heterocycles. The molecule has 1 saturated carbocycles.